The Morgan fingerprint density at radius 3 is 2.58 bits per heavy atom. The molecule has 4 nitrogen and oxygen atoms in total. The van der Waals surface area contributed by atoms with E-state index in [1.165, 1.54) is 5.56 Å². The van der Waals surface area contributed by atoms with E-state index in [9.17, 15) is 0 Å². The monoisotopic (exact) mass is 473 g/mol. The maximum atomic E-state index is 6.46. The molecule has 33 heavy (non-hydrogen) atoms. The second kappa shape index (κ2) is 9.00. The van der Waals surface area contributed by atoms with Crippen LogP contribution in [-0.4, -0.2) is 10.1 Å². The normalized spacial score (nSPS) is 17.9. The van der Waals surface area contributed by atoms with Gasteiger partial charge in [-0.25, -0.2) is 0 Å². The van der Waals surface area contributed by atoms with Gasteiger partial charge in [-0.05, 0) is 79.2 Å². The van der Waals surface area contributed by atoms with E-state index in [0.29, 0.717) is 5.11 Å². The van der Waals surface area contributed by atoms with Crippen LogP contribution in [0.4, 0.5) is 5.69 Å². The first-order valence-electron chi connectivity index (χ1n) is 11.0. The van der Waals surface area contributed by atoms with E-state index in [0.717, 1.165) is 45.5 Å². The SMILES string of the molecule is CCc1ccc(N2C(=S)N[C@H](c3ccccn3)[C@@H]2c2ccc(-c3cccc(Cl)c3C)o2)cc1. The van der Waals surface area contributed by atoms with Gasteiger partial charge in [-0.2, -0.15) is 0 Å². The lowest BCUT2D eigenvalue weighted by atomic mass is 10.0. The number of aryl methyl sites for hydroxylation is 1. The third-order valence-electron chi connectivity index (χ3n) is 6.17. The molecule has 2 aromatic carbocycles. The maximum Gasteiger partial charge on any atom is 0.174 e. The molecule has 0 bridgehead atoms. The van der Waals surface area contributed by atoms with Gasteiger partial charge >= 0.3 is 0 Å². The van der Waals surface area contributed by atoms with Gasteiger partial charge in [0.15, 0.2) is 5.11 Å². The van der Waals surface area contributed by atoms with Crippen molar-refractivity contribution in [2.45, 2.75) is 32.4 Å². The number of furan rings is 1. The Bertz CT molecular complexity index is 1290. The van der Waals surface area contributed by atoms with Crippen molar-refractivity contribution >= 4 is 34.6 Å². The molecule has 1 aliphatic rings. The number of anilines is 1. The first-order valence-corrected chi connectivity index (χ1v) is 11.8. The predicted molar refractivity (Wildman–Crippen MR) is 138 cm³/mol. The summed E-state index contributed by atoms with van der Waals surface area (Å²) in [5.41, 5.74) is 5.19. The van der Waals surface area contributed by atoms with E-state index in [-0.39, 0.29) is 12.1 Å². The highest BCUT2D eigenvalue weighted by Gasteiger charge is 2.42. The summed E-state index contributed by atoms with van der Waals surface area (Å²) in [7, 11) is 0. The quantitative estimate of drug-likeness (QED) is 0.315. The summed E-state index contributed by atoms with van der Waals surface area (Å²) >= 11 is 12.2. The van der Waals surface area contributed by atoms with Crippen LogP contribution in [0.5, 0.6) is 0 Å². The summed E-state index contributed by atoms with van der Waals surface area (Å²) in [5.74, 6) is 1.59. The van der Waals surface area contributed by atoms with Gasteiger partial charge in [0, 0.05) is 22.5 Å². The lowest BCUT2D eigenvalue weighted by molar-refractivity contribution is 0.439. The number of hydrogen-bond donors (Lipinski definition) is 1. The minimum Gasteiger partial charge on any atom is -0.459 e. The lowest BCUT2D eigenvalue weighted by Crippen LogP contribution is -2.29. The van der Waals surface area contributed by atoms with Crippen LogP contribution < -0.4 is 10.2 Å². The van der Waals surface area contributed by atoms with Crippen LogP contribution in [0.3, 0.4) is 0 Å². The number of aromatic nitrogens is 1. The fraction of sp³-hybridized carbons (Fsp3) is 0.185. The van der Waals surface area contributed by atoms with E-state index in [4.69, 9.17) is 28.2 Å². The van der Waals surface area contributed by atoms with Crippen LogP contribution in [0.1, 0.15) is 41.6 Å². The first-order chi connectivity index (χ1) is 16.1. The molecule has 0 unspecified atom stereocenters. The average molecular weight is 474 g/mol. The zero-order chi connectivity index (χ0) is 22.9. The Morgan fingerprint density at radius 1 is 1.03 bits per heavy atom. The molecule has 4 aromatic rings. The molecule has 166 valence electrons. The molecular formula is C27H24ClN3OS. The molecule has 1 saturated heterocycles. The topological polar surface area (TPSA) is 41.3 Å². The van der Waals surface area contributed by atoms with Crippen molar-refractivity contribution < 1.29 is 4.42 Å². The summed E-state index contributed by atoms with van der Waals surface area (Å²) in [6.07, 6.45) is 2.79. The number of halogens is 1. The van der Waals surface area contributed by atoms with Crippen LogP contribution in [0.25, 0.3) is 11.3 Å². The number of hydrogen-bond acceptors (Lipinski definition) is 3. The molecular weight excluding hydrogens is 450 g/mol. The smallest absolute Gasteiger partial charge is 0.174 e. The second-order valence-corrected chi connectivity index (χ2v) is 8.92. The van der Waals surface area contributed by atoms with E-state index in [1.807, 2.05) is 55.5 Å². The molecule has 0 spiro atoms. The highest BCUT2D eigenvalue weighted by Crippen LogP contribution is 2.43. The van der Waals surface area contributed by atoms with Crippen molar-refractivity contribution in [1.29, 1.82) is 0 Å². The van der Waals surface area contributed by atoms with Gasteiger partial charge < -0.3 is 14.6 Å². The molecule has 2 aromatic heterocycles. The molecule has 0 saturated carbocycles. The zero-order valence-corrected chi connectivity index (χ0v) is 20.0. The molecule has 0 aliphatic carbocycles. The van der Waals surface area contributed by atoms with E-state index in [1.54, 1.807) is 6.20 Å². The second-order valence-electron chi connectivity index (χ2n) is 8.13. The lowest BCUT2D eigenvalue weighted by Gasteiger charge is -2.26. The molecule has 5 rings (SSSR count). The number of nitrogens with zero attached hydrogens (tertiary/aromatic N) is 2. The number of nitrogens with one attached hydrogen (secondary N) is 1. The van der Waals surface area contributed by atoms with Crippen LogP contribution >= 0.6 is 23.8 Å². The van der Waals surface area contributed by atoms with Gasteiger partial charge in [0.2, 0.25) is 0 Å². The molecule has 1 fully saturated rings. The molecule has 0 amide bonds. The largest absolute Gasteiger partial charge is 0.459 e. The summed E-state index contributed by atoms with van der Waals surface area (Å²) in [4.78, 5) is 6.74. The summed E-state index contributed by atoms with van der Waals surface area (Å²) in [6, 6.07) is 24.0. The van der Waals surface area contributed by atoms with Gasteiger partial charge in [0.1, 0.15) is 17.6 Å². The number of thiocarbonyl (C=S) groups is 1. The Kier molecular flexibility index (Phi) is 5.92. The third kappa shape index (κ3) is 4.03. The van der Waals surface area contributed by atoms with E-state index >= 15 is 0 Å². The Hall–Kier alpha value is -3.15. The molecule has 1 N–H and O–H groups in total. The zero-order valence-electron chi connectivity index (χ0n) is 18.5. The fourth-order valence-electron chi connectivity index (χ4n) is 4.35. The van der Waals surface area contributed by atoms with Crippen molar-refractivity contribution in [3.8, 4) is 11.3 Å². The van der Waals surface area contributed by atoms with E-state index < -0.39 is 0 Å². The highest BCUT2D eigenvalue weighted by atomic mass is 35.5. The van der Waals surface area contributed by atoms with Crippen molar-refractivity contribution in [1.82, 2.24) is 10.3 Å². The molecule has 2 atom stereocenters. The number of pyridine rings is 1. The molecule has 0 radical (unpaired) electrons. The Morgan fingerprint density at radius 2 is 1.85 bits per heavy atom. The molecule has 6 heteroatoms. The number of benzene rings is 2. The maximum absolute atomic E-state index is 6.46. The van der Waals surface area contributed by atoms with Crippen LogP contribution in [0.15, 0.2) is 83.4 Å². The molecule has 1 aliphatic heterocycles. The third-order valence-corrected chi connectivity index (χ3v) is 6.90. The van der Waals surface area contributed by atoms with E-state index in [2.05, 4.69) is 46.4 Å². The van der Waals surface area contributed by atoms with Gasteiger partial charge in [-0.3, -0.25) is 4.98 Å². The van der Waals surface area contributed by atoms with Gasteiger partial charge in [0.25, 0.3) is 0 Å². The van der Waals surface area contributed by atoms with Gasteiger partial charge in [-0.1, -0.05) is 48.9 Å². The number of rotatable bonds is 5. The first kappa shape index (κ1) is 21.7. The van der Waals surface area contributed by atoms with Gasteiger partial charge in [-0.15, -0.1) is 0 Å². The minimum atomic E-state index is -0.187. The van der Waals surface area contributed by atoms with Gasteiger partial charge in [0.05, 0.1) is 11.7 Å². The van der Waals surface area contributed by atoms with Crippen molar-refractivity contribution in [3.05, 3.63) is 107 Å². The summed E-state index contributed by atoms with van der Waals surface area (Å²) in [5, 5.41) is 4.85. The van der Waals surface area contributed by atoms with Crippen LogP contribution in [-0.2, 0) is 6.42 Å². The van der Waals surface area contributed by atoms with Crippen LogP contribution in [0.2, 0.25) is 5.02 Å². The fourth-order valence-corrected chi connectivity index (χ4v) is 4.87. The summed E-state index contributed by atoms with van der Waals surface area (Å²) < 4.78 is 6.46. The van der Waals surface area contributed by atoms with Crippen LogP contribution in [0, 0.1) is 6.92 Å². The summed E-state index contributed by atoms with van der Waals surface area (Å²) in [6.45, 7) is 4.16. The van der Waals surface area contributed by atoms with Crippen molar-refractivity contribution in [3.63, 3.8) is 0 Å². The average Bonchev–Trinajstić information content (AvgIpc) is 3.46. The Balaban J connectivity index is 1.60. The predicted octanol–water partition coefficient (Wildman–Crippen LogP) is 7.04. The molecule has 3 heterocycles. The highest BCUT2D eigenvalue weighted by molar-refractivity contribution is 7.80. The standard InChI is InChI=1S/C27H24ClN3OS/c1-3-18-10-12-19(13-11-18)31-26(25(30-27(31)33)22-9-4-5-16-29-22)24-15-14-23(32-24)20-7-6-8-21(28)17(20)2/h4-16,25-26H,3H2,1-2H3,(H,30,33)/t25-,26+/m1/s1. The minimum absolute atomic E-state index is 0.149. The Labute approximate surface area is 204 Å². The van der Waals surface area contributed by atoms with Crippen molar-refractivity contribution in [2.24, 2.45) is 0 Å². The van der Waals surface area contributed by atoms with Crippen molar-refractivity contribution in [2.75, 3.05) is 4.90 Å².